The van der Waals surface area contributed by atoms with Crippen molar-refractivity contribution in [1.82, 2.24) is 20.4 Å². The quantitative estimate of drug-likeness (QED) is 0.690. The average molecular weight is 342 g/mol. The third-order valence-electron chi connectivity index (χ3n) is 4.21. The van der Waals surface area contributed by atoms with Crippen molar-refractivity contribution in [2.24, 2.45) is 0 Å². The zero-order valence-corrected chi connectivity index (χ0v) is 14.7. The lowest BCUT2D eigenvalue weighted by atomic mass is 10.1. The summed E-state index contributed by atoms with van der Waals surface area (Å²) in [6.45, 7) is 3.25. The summed E-state index contributed by atoms with van der Waals surface area (Å²) in [4.78, 5) is 2.08. The Balaban J connectivity index is 1.67. The first-order valence-corrected chi connectivity index (χ1v) is 8.26. The monoisotopic (exact) mass is 342 g/mol. The molecule has 0 saturated carbocycles. The van der Waals surface area contributed by atoms with E-state index in [0.29, 0.717) is 13.1 Å². The molecule has 1 atom stereocenters. The number of rotatable bonds is 7. The Bertz CT molecular complexity index is 824. The molecule has 0 amide bonds. The molecule has 0 spiro atoms. The second-order valence-corrected chi connectivity index (χ2v) is 6.35. The van der Waals surface area contributed by atoms with E-state index in [9.17, 15) is 4.39 Å². The summed E-state index contributed by atoms with van der Waals surface area (Å²) in [5.74, 6) is 1.43. The first kappa shape index (κ1) is 17.4. The van der Waals surface area contributed by atoms with Gasteiger partial charge in [-0.1, -0.05) is 12.1 Å². The highest BCUT2D eigenvalue weighted by Crippen LogP contribution is 2.24. The van der Waals surface area contributed by atoms with Crippen molar-refractivity contribution >= 4 is 0 Å². The van der Waals surface area contributed by atoms with Crippen LogP contribution in [0.15, 0.2) is 47.0 Å². The second kappa shape index (κ2) is 7.63. The molecule has 3 aromatic rings. The van der Waals surface area contributed by atoms with Gasteiger partial charge in [0.1, 0.15) is 17.3 Å². The van der Waals surface area contributed by atoms with Gasteiger partial charge in [-0.05, 0) is 50.8 Å². The van der Waals surface area contributed by atoms with Gasteiger partial charge in [-0.25, -0.2) is 4.39 Å². The van der Waals surface area contributed by atoms with E-state index in [0.717, 1.165) is 28.3 Å². The fourth-order valence-electron chi connectivity index (χ4n) is 2.88. The first-order valence-electron chi connectivity index (χ1n) is 8.26. The molecule has 0 radical (unpaired) electrons. The van der Waals surface area contributed by atoms with Gasteiger partial charge in [0.05, 0.1) is 6.20 Å². The van der Waals surface area contributed by atoms with Crippen LogP contribution in [-0.4, -0.2) is 35.7 Å². The van der Waals surface area contributed by atoms with E-state index < -0.39 is 0 Å². The number of nitrogens with zero attached hydrogens (tertiary/aromatic N) is 2. The third-order valence-corrected chi connectivity index (χ3v) is 4.21. The number of aromatic nitrogens is 2. The van der Waals surface area contributed by atoms with Crippen molar-refractivity contribution in [1.29, 1.82) is 0 Å². The Hall–Kier alpha value is -2.44. The van der Waals surface area contributed by atoms with Crippen molar-refractivity contribution in [2.75, 3.05) is 20.6 Å². The van der Waals surface area contributed by atoms with Gasteiger partial charge < -0.3 is 14.6 Å². The Morgan fingerprint density at radius 2 is 2.12 bits per heavy atom. The molecule has 6 heteroatoms. The molecule has 0 fully saturated rings. The summed E-state index contributed by atoms with van der Waals surface area (Å²) >= 11 is 0. The molecule has 0 saturated heterocycles. The van der Waals surface area contributed by atoms with Crippen molar-refractivity contribution in [3.63, 3.8) is 0 Å². The van der Waals surface area contributed by atoms with Gasteiger partial charge in [-0.2, -0.15) is 5.10 Å². The highest BCUT2D eigenvalue weighted by atomic mass is 19.1. The molecule has 1 unspecified atom stereocenters. The lowest BCUT2D eigenvalue weighted by Gasteiger charge is -2.25. The summed E-state index contributed by atoms with van der Waals surface area (Å²) in [6, 6.07) is 10.7. The van der Waals surface area contributed by atoms with E-state index in [-0.39, 0.29) is 11.9 Å². The molecular weight excluding hydrogens is 319 g/mol. The van der Waals surface area contributed by atoms with Crippen LogP contribution in [-0.2, 0) is 6.54 Å². The van der Waals surface area contributed by atoms with Crippen molar-refractivity contribution < 1.29 is 8.81 Å². The van der Waals surface area contributed by atoms with Gasteiger partial charge in [0.25, 0.3) is 0 Å². The summed E-state index contributed by atoms with van der Waals surface area (Å²) in [5, 5.41) is 10.6. The molecule has 2 N–H and O–H groups in total. The van der Waals surface area contributed by atoms with Crippen LogP contribution >= 0.6 is 0 Å². The Kier molecular flexibility index (Phi) is 5.31. The smallest absolute Gasteiger partial charge is 0.152 e. The number of likely N-dealkylation sites (N-methyl/N-ethyl adjacent to an activating group) is 1. The minimum atomic E-state index is -0.213. The maximum atomic E-state index is 13.5. The number of hydrogen-bond donors (Lipinski definition) is 2. The number of nitrogens with one attached hydrogen (secondary N) is 2. The SMILES string of the molecule is Cc1ccc(-c2[nH]ncc2CNCC(c2cccc(F)c2)N(C)C)o1. The average Bonchev–Trinajstić information content (AvgIpc) is 3.19. The Morgan fingerprint density at radius 1 is 1.28 bits per heavy atom. The van der Waals surface area contributed by atoms with Crippen molar-refractivity contribution in [3.8, 4) is 11.5 Å². The summed E-state index contributed by atoms with van der Waals surface area (Å²) in [6.07, 6.45) is 1.80. The van der Waals surface area contributed by atoms with E-state index in [2.05, 4.69) is 20.4 Å². The van der Waals surface area contributed by atoms with Crippen molar-refractivity contribution in [2.45, 2.75) is 19.5 Å². The van der Waals surface area contributed by atoms with Crippen LogP contribution in [0.1, 0.15) is 22.9 Å². The van der Waals surface area contributed by atoms with E-state index in [1.54, 1.807) is 18.3 Å². The van der Waals surface area contributed by atoms with E-state index in [1.807, 2.05) is 39.2 Å². The molecule has 0 aliphatic carbocycles. The summed E-state index contributed by atoms with van der Waals surface area (Å²) in [5.41, 5.74) is 2.87. The number of furan rings is 1. The van der Waals surface area contributed by atoms with Gasteiger partial charge in [-0.3, -0.25) is 5.10 Å². The predicted octanol–water partition coefficient (Wildman–Crippen LogP) is 3.51. The van der Waals surface area contributed by atoms with Crippen LogP contribution in [0.2, 0.25) is 0 Å². The van der Waals surface area contributed by atoms with Gasteiger partial charge in [0, 0.05) is 24.7 Å². The normalized spacial score (nSPS) is 12.7. The molecule has 25 heavy (non-hydrogen) atoms. The molecule has 0 aliphatic rings. The van der Waals surface area contributed by atoms with E-state index in [1.165, 1.54) is 6.07 Å². The molecular formula is C19H23FN4O. The van der Waals surface area contributed by atoms with Gasteiger partial charge in [0.2, 0.25) is 0 Å². The van der Waals surface area contributed by atoms with E-state index in [4.69, 9.17) is 4.42 Å². The molecule has 3 rings (SSSR count). The highest BCUT2D eigenvalue weighted by molar-refractivity contribution is 5.56. The number of benzene rings is 1. The standard InChI is InChI=1S/C19H23FN4O/c1-13-7-8-18(25-13)19-15(11-22-23-19)10-21-12-17(24(2)3)14-5-4-6-16(20)9-14/h4-9,11,17,21H,10,12H2,1-3H3,(H,22,23). The molecule has 5 nitrogen and oxygen atoms in total. The first-order chi connectivity index (χ1) is 12.0. The van der Waals surface area contributed by atoms with Gasteiger partial charge in [-0.15, -0.1) is 0 Å². The van der Waals surface area contributed by atoms with Gasteiger partial charge in [0.15, 0.2) is 5.76 Å². The van der Waals surface area contributed by atoms with Crippen LogP contribution < -0.4 is 5.32 Å². The maximum Gasteiger partial charge on any atom is 0.152 e. The molecule has 1 aromatic carbocycles. The number of aromatic amines is 1. The number of hydrogen-bond acceptors (Lipinski definition) is 4. The fourth-order valence-corrected chi connectivity index (χ4v) is 2.88. The lowest BCUT2D eigenvalue weighted by Crippen LogP contribution is -2.30. The number of H-pyrrole nitrogens is 1. The molecule has 2 aromatic heterocycles. The molecule has 0 bridgehead atoms. The van der Waals surface area contributed by atoms with Crippen molar-refractivity contribution in [3.05, 3.63) is 65.3 Å². The molecule has 2 heterocycles. The van der Waals surface area contributed by atoms with Gasteiger partial charge >= 0.3 is 0 Å². The Morgan fingerprint density at radius 3 is 2.80 bits per heavy atom. The summed E-state index contributed by atoms with van der Waals surface area (Å²) in [7, 11) is 3.98. The minimum Gasteiger partial charge on any atom is -0.460 e. The topological polar surface area (TPSA) is 57.1 Å². The predicted molar refractivity (Wildman–Crippen MR) is 95.6 cm³/mol. The summed E-state index contributed by atoms with van der Waals surface area (Å²) < 4.78 is 19.2. The van der Waals surface area contributed by atoms with Crippen LogP contribution in [0.4, 0.5) is 4.39 Å². The fraction of sp³-hybridized carbons (Fsp3) is 0.316. The number of aryl methyl sites for hydroxylation is 1. The van der Waals surface area contributed by atoms with Crippen LogP contribution in [0.25, 0.3) is 11.5 Å². The van der Waals surface area contributed by atoms with Crippen LogP contribution in [0.3, 0.4) is 0 Å². The van der Waals surface area contributed by atoms with Crippen LogP contribution in [0, 0.1) is 12.7 Å². The Labute approximate surface area is 146 Å². The zero-order valence-electron chi connectivity index (χ0n) is 14.7. The minimum absolute atomic E-state index is 0.0805. The maximum absolute atomic E-state index is 13.5. The highest BCUT2D eigenvalue weighted by Gasteiger charge is 2.16. The second-order valence-electron chi connectivity index (χ2n) is 6.35. The molecule has 132 valence electrons. The van der Waals surface area contributed by atoms with E-state index >= 15 is 0 Å². The number of halogens is 1. The lowest BCUT2D eigenvalue weighted by molar-refractivity contribution is 0.287. The third kappa shape index (κ3) is 4.15. The largest absolute Gasteiger partial charge is 0.460 e. The molecule has 0 aliphatic heterocycles. The zero-order chi connectivity index (χ0) is 17.8. The van der Waals surface area contributed by atoms with Crippen LogP contribution in [0.5, 0.6) is 0 Å².